The number of hydrogen-bond acceptors (Lipinski definition) is 3. The van der Waals surface area contributed by atoms with Gasteiger partial charge in [-0.2, -0.15) is 13.2 Å². The summed E-state index contributed by atoms with van der Waals surface area (Å²) in [6.45, 7) is 1.96. The summed E-state index contributed by atoms with van der Waals surface area (Å²) in [5.41, 5.74) is 0. The summed E-state index contributed by atoms with van der Waals surface area (Å²) in [6, 6.07) is 0. The topological polar surface area (TPSA) is 29.3 Å². The Bertz CT molecular complexity index is 201. The van der Waals surface area contributed by atoms with Gasteiger partial charge in [0.1, 0.15) is 0 Å². The highest BCUT2D eigenvalue weighted by atomic mass is 19.4. The number of nitrogens with zero attached hydrogens (tertiary/aromatic N) is 1. The molecule has 0 aromatic carbocycles. The Morgan fingerprint density at radius 2 is 2.00 bits per heavy atom. The monoisotopic (exact) mass is 211 g/mol. The Kier molecular flexibility index (Phi) is 3.74. The van der Waals surface area contributed by atoms with Gasteiger partial charge in [0.05, 0.1) is 19.4 Å². The van der Waals surface area contributed by atoms with Crippen LogP contribution in [0.1, 0.15) is 12.8 Å². The molecule has 1 rings (SSSR count). The number of ether oxygens (including phenoxy) is 1. The molecule has 6 heteroatoms. The zero-order valence-corrected chi connectivity index (χ0v) is 7.64. The maximum atomic E-state index is 11.6. The number of esters is 1. The minimum atomic E-state index is -4.25. The van der Waals surface area contributed by atoms with Gasteiger partial charge in [0, 0.05) is 19.6 Å². The highest BCUT2D eigenvalue weighted by molar-refractivity contribution is 5.69. The van der Waals surface area contributed by atoms with Crippen LogP contribution in [0.5, 0.6) is 0 Å². The van der Waals surface area contributed by atoms with Gasteiger partial charge in [-0.15, -0.1) is 0 Å². The van der Waals surface area contributed by atoms with E-state index in [1.165, 1.54) is 0 Å². The molecule has 0 aliphatic carbocycles. The summed E-state index contributed by atoms with van der Waals surface area (Å²) in [7, 11) is 0. The van der Waals surface area contributed by atoms with Gasteiger partial charge in [-0.25, -0.2) is 0 Å². The van der Waals surface area contributed by atoms with Crippen molar-refractivity contribution in [2.75, 3.05) is 26.2 Å². The van der Waals surface area contributed by atoms with E-state index in [2.05, 4.69) is 4.74 Å². The van der Waals surface area contributed by atoms with Gasteiger partial charge >= 0.3 is 12.1 Å². The van der Waals surface area contributed by atoms with E-state index in [1.807, 2.05) is 4.90 Å². The SMILES string of the molecule is O=C(CCN1CC1)OCCC(F)(F)F. The van der Waals surface area contributed by atoms with Gasteiger partial charge in [0.15, 0.2) is 0 Å². The summed E-state index contributed by atoms with van der Waals surface area (Å²) < 4.78 is 39.3. The largest absolute Gasteiger partial charge is 0.465 e. The molecule has 0 saturated carbocycles. The molecule has 0 spiro atoms. The van der Waals surface area contributed by atoms with E-state index in [0.717, 1.165) is 13.1 Å². The summed E-state index contributed by atoms with van der Waals surface area (Å²) in [4.78, 5) is 12.8. The predicted octanol–water partition coefficient (Wildman–Crippen LogP) is 1.19. The zero-order chi connectivity index (χ0) is 10.6. The average Bonchev–Trinajstić information content (AvgIpc) is 2.81. The third-order valence-corrected chi connectivity index (χ3v) is 1.82. The maximum Gasteiger partial charge on any atom is 0.392 e. The van der Waals surface area contributed by atoms with E-state index in [-0.39, 0.29) is 6.42 Å². The second kappa shape index (κ2) is 4.63. The molecule has 1 aliphatic rings. The van der Waals surface area contributed by atoms with Gasteiger partial charge in [0.25, 0.3) is 0 Å². The molecule has 14 heavy (non-hydrogen) atoms. The first kappa shape index (κ1) is 11.3. The van der Waals surface area contributed by atoms with Crippen LogP contribution in [0.25, 0.3) is 0 Å². The fourth-order valence-electron chi connectivity index (χ4n) is 0.896. The van der Waals surface area contributed by atoms with Crippen LogP contribution in [0.2, 0.25) is 0 Å². The molecule has 1 heterocycles. The normalized spacial score (nSPS) is 16.8. The fraction of sp³-hybridized carbons (Fsp3) is 0.875. The van der Waals surface area contributed by atoms with Gasteiger partial charge < -0.3 is 9.64 Å². The molecule has 1 aliphatic heterocycles. The van der Waals surface area contributed by atoms with Crippen LogP contribution in [0.15, 0.2) is 0 Å². The first-order valence-corrected chi connectivity index (χ1v) is 4.42. The molecular weight excluding hydrogens is 199 g/mol. The summed E-state index contributed by atoms with van der Waals surface area (Å²) in [5.74, 6) is -0.554. The molecule has 3 nitrogen and oxygen atoms in total. The highest BCUT2D eigenvalue weighted by Gasteiger charge is 2.27. The average molecular weight is 211 g/mol. The molecule has 1 saturated heterocycles. The summed E-state index contributed by atoms with van der Waals surface area (Å²) in [6.07, 6.45) is -5.14. The molecular formula is C8H12F3NO2. The lowest BCUT2D eigenvalue weighted by Gasteiger charge is -2.07. The third-order valence-electron chi connectivity index (χ3n) is 1.82. The Labute approximate surface area is 79.8 Å². The minimum Gasteiger partial charge on any atom is -0.465 e. The van der Waals surface area contributed by atoms with Crippen molar-refractivity contribution in [1.29, 1.82) is 0 Å². The minimum absolute atomic E-state index is 0.178. The smallest absolute Gasteiger partial charge is 0.392 e. The van der Waals surface area contributed by atoms with E-state index >= 15 is 0 Å². The predicted molar refractivity (Wildman–Crippen MR) is 42.7 cm³/mol. The van der Waals surface area contributed by atoms with Crippen LogP contribution >= 0.6 is 0 Å². The van der Waals surface area contributed by atoms with E-state index in [1.54, 1.807) is 0 Å². The van der Waals surface area contributed by atoms with Crippen LogP contribution in [-0.2, 0) is 9.53 Å². The van der Waals surface area contributed by atoms with Crippen molar-refractivity contribution in [3.63, 3.8) is 0 Å². The number of carbonyl (C=O) groups is 1. The Balaban J connectivity index is 1.96. The van der Waals surface area contributed by atoms with Crippen molar-refractivity contribution in [2.45, 2.75) is 19.0 Å². The van der Waals surface area contributed by atoms with Gasteiger partial charge in [-0.1, -0.05) is 0 Å². The Morgan fingerprint density at radius 1 is 1.36 bits per heavy atom. The first-order valence-electron chi connectivity index (χ1n) is 4.42. The van der Waals surface area contributed by atoms with Crippen molar-refractivity contribution in [3.05, 3.63) is 0 Å². The second-order valence-electron chi connectivity index (χ2n) is 3.18. The molecule has 0 unspecified atom stereocenters. The van der Waals surface area contributed by atoms with Crippen LogP contribution in [0, 0.1) is 0 Å². The number of hydrogen-bond donors (Lipinski definition) is 0. The van der Waals surface area contributed by atoms with Crippen LogP contribution < -0.4 is 0 Å². The molecule has 0 amide bonds. The van der Waals surface area contributed by atoms with Crippen molar-refractivity contribution in [2.24, 2.45) is 0 Å². The first-order chi connectivity index (χ1) is 6.47. The Hall–Kier alpha value is -0.780. The number of carbonyl (C=O) groups excluding carboxylic acids is 1. The summed E-state index contributed by atoms with van der Waals surface area (Å²) in [5, 5.41) is 0. The lowest BCUT2D eigenvalue weighted by molar-refractivity contribution is -0.159. The zero-order valence-electron chi connectivity index (χ0n) is 7.64. The molecule has 0 atom stereocenters. The summed E-state index contributed by atoms with van der Waals surface area (Å²) >= 11 is 0. The fourth-order valence-corrected chi connectivity index (χ4v) is 0.896. The van der Waals surface area contributed by atoms with E-state index in [9.17, 15) is 18.0 Å². The molecule has 0 aromatic heterocycles. The molecule has 0 aromatic rings. The van der Waals surface area contributed by atoms with Crippen LogP contribution in [0.4, 0.5) is 13.2 Å². The number of alkyl halides is 3. The van der Waals surface area contributed by atoms with Crippen LogP contribution in [0.3, 0.4) is 0 Å². The maximum absolute atomic E-state index is 11.6. The molecule has 0 N–H and O–H groups in total. The molecule has 0 bridgehead atoms. The van der Waals surface area contributed by atoms with E-state index in [0.29, 0.717) is 6.54 Å². The van der Waals surface area contributed by atoms with Gasteiger partial charge in [0.2, 0.25) is 0 Å². The van der Waals surface area contributed by atoms with E-state index in [4.69, 9.17) is 0 Å². The van der Waals surface area contributed by atoms with Crippen molar-refractivity contribution in [1.82, 2.24) is 4.90 Å². The standard InChI is InChI=1S/C8H12F3NO2/c9-8(10,11)2-6-14-7(13)1-3-12-4-5-12/h1-6H2. The van der Waals surface area contributed by atoms with E-state index < -0.39 is 25.2 Å². The lowest BCUT2D eigenvalue weighted by atomic mass is 10.4. The lowest BCUT2D eigenvalue weighted by Crippen LogP contribution is -2.16. The third kappa shape index (κ3) is 5.80. The van der Waals surface area contributed by atoms with Gasteiger partial charge in [-0.05, 0) is 0 Å². The van der Waals surface area contributed by atoms with Crippen molar-refractivity contribution in [3.8, 4) is 0 Å². The Morgan fingerprint density at radius 3 is 2.50 bits per heavy atom. The van der Waals surface area contributed by atoms with Crippen molar-refractivity contribution < 1.29 is 22.7 Å². The molecule has 0 radical (unpaired) electrons. The molecule has 82 valence electrons. The van der Waals surface area contributed by atoms with Gasteiger partial charge in [-0.3, -0.25) is 4.79 Å². The van der Waals surface area contributed by atoms with Crippen molar-refractivity contribution >= 4 is 5.97 Å². The quantitative estimate of drug-likeness (QED) is 0.505. The number of rotatable bonds is 5. The molecule has 1 fully saturated rings. The number of halogens is 3. The van der Waals surface area contributed by atoms with Crippen LogP contribution in [-0.4, -0.2) is 43.3 Å². The highest BCUT2D eigenvalue weighted by Crippen LogP contribution is 2.19. The second-order valence-corrected chi connectivity index (χ2v) is 3.18.